The van der Waals surface area contributed by atoms with Gasteiger partial charge in [0.1, 0.15) is 0 Å². The Balaban J connectivity index is 2.42. The highest BCUT2D eigenvalue weighted by atomic mass is 19.1. The molecule has 0 aromatic carbocycles. The summed E-state index contributed by atoms with van der Waals surface area (Å²) >= 11 is 0. The van der Waals surface area contributed by atoms with Gasteiger partial charge in [-0.2, -0.15) is 4.98 Å². The van der Waals surface area contributed by atoms with E-state index in [0.29, 0.717) is 12.5 Å². The number of anilines is 2. The van der Waals surface area contributed by atoms with Crippen LogP contribution in [0.25, 0.3) is 0 Å². The fraction of sp³-hybridized carbons (Fsp3) is 0.583. The first-order chi connectivity index (χ1) is 9.06. The van der Waals surface area contributed by atoms with Crippen LogP contribution < -0.4 is 16.0 Å². The molecule has 0 saturated carbocycles. The van der Waals surface area contributed by atoms with E-state index in [1.54, 1.807) is 7.05 Å². The minimum absolute atomic E-state index is 0.0647. The molecule has 0 saturated heterocycles. The van der Waals surface area contributed by atoms with E-state index in [9.17, 15) is 9.18 Å². The molecule has 1 heterocycles. The second-order valence-corrected chi connectivity index (χ2v) is 4.19. The fourth-order valence-electron chi connectivity index (χ4n) is 1.36. The maximum atomic E-state index is 13.4. The van der Waals surface area contributed by atoms with Gasteiger partial charge in [0.25, 0.3) is 0 Å². The third-order valence-corrected chi connectivity index (χ3v) is 2.63. The number of halogens is 1. The highest BCUT2D eigenvalue weighted by Gasteiger charge is 2.08. The number of aromatic nitrogens is 2. The molecule has 1 atom stereocenters. The second-order valence-electron chi connectivity index (χ2n) is 4.19. The van der Waals surface area contributed by atoms with Crippen LogP contribution >= 0.6 is 0 Å². The van der Waals surface area contributed by atoms with Crippen molar-refractivity contribution in [2.45, 2.75) is 32.7 Å². The summed E-state index contributed by atoms with van der Waals surface area (Å²) in [5.41, 5.74) is 0. The van der Waals surface area contributed by atoms with Gasteiger partial charge in [0.05, 0.1) is 6.20 Å². The van der Waals surface area contributed by atoms with Gasteiger partial charge >= 0.3 is 0 Å². The highest BCUT2D eigenvalue weighted by molar-refractivity contribution is 5.76. The predicted molar refractivity (Wildman–Crippen MR) is 72.5 cm³/mol. The Labute approximate surface area is 112 Å². The monoisotopic (exact) mass is 269 g/mol. The molecule has 0 bridgehead atoms. The number of amides is 1. The standard InChI is InChI=1S/C12H20FN5O/c1-4-8(2)17-10(19)5-6-15-11-9(13)7-16-12(14-3)18-11/h7-8H,4-6H2,1-3H3,(H,17,19)(H2,14,15,16,18). The first-order valence-corrected chi connectivity index (χ1v) is 6.30. The Morgan fingerprint density at radius 1 is 1.53 bits per heavy atom. The van der Waals surface area contributed by atoms with Crippen molar-refractivity contribution >= 4 is 17.7 Å². The number of carbonyl (C=O) groups excluding carboxylic acids is 1. The Kier molecular flexibility index (Phi) is 5.98. The minimum atomic E-state index is -0.540. The lowest BCUT2D eigenvalue weighted by Gasteiger charge is -2.12. The van der Waals surface area contributed by atoms with E-state index in [0.717, 1.165) is 12.6 Å². The van der Waals surface area contributed by atoms with Gasteiger partial charge in [0.15, 0.2) is 11.6 Å². The van der Waals surface area contributed by atoms with E-state index < -0.39 is 5.82 Å². The Morgan fingerprint density at radius 3 is 2.89 bits per heavy atom. The second kappa shape index (κ2) is 7.50. The molecule has 3 N–H and O–H groups in total. The molecule has 0 aliphatic rings. The summed E-state index contributed by atoms with van der Waals surface area (Å²) in [5, 5.41) is 8.34. The lowest BCUT2D eigenvalue weighted by Crippen LogP contribution is -2.33. The van der Waals surface area contributed by atoms with Crippen molar-refractivity contribution in [1.82, 2.24) is 15.3 Å². The van der Waals surface area contributed by atoms with Crippen LogP contribution in [-0.4, -0.2) is 35.5 Å². The predicted octanol–water partition coefficient (Wildman–Crippen LogP) is 1.37. The molecule has 1 aromatic heterocycles. The number of nitrogens with one attached hydrogen (secondary N) is 3. The summed E-state index contributed by atoms with van der Waals surface area (Å²) in [4.78, 5) is 19.2. The van der Waals surface area contributed by atoms with Crippen LogP contribution in [-0.2, 0) is 4.79 Å². The summed E-state index contributed by atoms with van der Waals surface area (Å²) in [7, 11) is 1.65. The van der Waals surface area contributed by atoms with Crippen LogP contribution in [0.3, 0.4) is 0 Å². The van der Waals surface area contributed by atoms with Crippen molar-refractivity contribution in [2.24, 2.45) is 0 Å². The van der Waals surface area contributed by atoms with E-state index in [2.05, 4.69) is 25.9 Å². The average Bonchev–Trinajstić information content (AvgIpc) is 2.40. The molecule has 1 amide bonds. The average molecular weight is 269 g/mol. The van der Waals surface area contributed by atoms with E-state index >= 15 is 0 Å². The summed E-state index contributed by atoms with van der Waals surface area (Å²) in [6.45, 7) is 4.26. The molecule has 1 rings (SSSR count). The van der Waals surface area contributed by atoms with Crippen molar-refractivity contribution in [3.63, 3.8) is 0 Å². The SMILES string of the molecule is CCC(C)NC(=O)CCNc1nc(NC)ncc1F. The smallest absolute Gasteiger partial charge is 0.224 e. The zero-order chi connectivity index (χ0) is 14.3. The van der Waals surface area contributed by atoms with Gasteiger partial charge in [-0.1, -0.05) is 6.92 Å². The van der Waals surface area contributed by atoms with Gasteiger partial charge in [0, 0.05) is 26.1 Å². The summed E-state index contributed by atoms with van der Waals surface area (Å²) in [6, 6.07) is 0.152. The van der Waals surface area contributed by atoms with E-state index in [1.165, 1.54) is 0 Å². The van der Waals surface area contributed by atoms with Crippen molar-refractivity contribution in [3.8, 4) is 0 Å². The molecule has 1 unspecified atom stereocenters. The molecule has 0 spiro atoms. The van der Waals surface area contributed by atoms with Crippen molar-refractivity contribution < 1.29 is 9.18 Å². The fourth-order valence-corrected chi connectivity index (χ4v) is 1.36. The highest BCUT2D eigenvalue weighted by Crippen LogP contribution is 2.11. The molecule has 0 radical (unpaired) electrons. The zero-order valence-electron chi connectivity index (χ0n) is 11.5. The van der Waals surface area contributed by atoms with Gasteiger partial charge in [-0.25, -0.2) is 9.37 Å². The van der Waals surface area contributed by atoms with Crippen molar-refractivity contribution in [1.29, 1.82) is 0 Å². The van der Waals surface area contributed by atoms with Crippen LogP contribution in [0.2, 0.25) is 0 Å². The zero-order valence-corrected chi connectivity index (χ0v) is 11.5. The lowest BCUT2D eigenvalue weighted by atomic mass is 10.2. The maximum absolute atomic E-state index is 13.4. The number of hydrogen-bond donors (Lipinski definition) is 3. The van der Waals surface area contributed by atoms with Gasteiger partial charge < -0.3 is 16.0 Å². The lowest BCUT2D eigenvalue weighted by molar-refractivity contribution is -0.121. The number of rotatable bonds is 7. The van der Waals surface area contributed by atoms with E-state index in [4.69, 9.17) is 0 Å². The third-order valence-electron chi connectivity index (χ3n) is 2.63. The quantitative estimate of drug-likeness (QED) is 0.697. The van der Waals surface area contributed by atoms with Crippen LogP contribution in [0, 0.1) is 5.82 Å². The van der Waals surface area contributed by atoms with Gasteiger partial charge in [0.2, 0.25) is 11.9 Å². The molecule has 106 valence electrons. The van der Waals surface area contributed by atoms with Gasteiger partial charge in [-0.05, 0) is 13.3 Å². The number of carbonyl (C=O) groups is 1. The molecule has 0 aliphatic heterocycles. The van der Waals surface area contributed by atoms with Crippen LogP contribution in [0.4, 0.5) is 16.2 Å². The Bertz CT molecular complexity index is 427. The normalized spacial score (nSPS) is 11.8. The van der Waals surface area contributed by atoms with Crippen molar-refractivity contribution in [3.05, 3.63) is 12.0 Å². The number of hydrogen-bond acceptors (Lipinski definition) is 5. The molecule has 1 aromatic rings. The number of nitrogens with zero attached hydrogens (tertiary/aromatic N) is 2. The Hall–Kier alpha value is -1.92. The molecule has 6 nitrogen and oxygen atoms in total. The van der Waals surface area contributed by atoms with Gasteiger partial charge in [-0.3, -0.25) is 4.79 Å². The summed E-state index contributed by atoms with van der Waals surface area (Å²) < 4.78 is 13.4. The minimum Gasteiger partial charge on any atom is -0.367 e. The molecule has 7 heteroatoms. The van der Waals surface area contributed by atoms with Crippen molar-refractivity contribution in [2.75, 3.05) is 24.2 Å². The van der Waals surface area contributed by atoms with E-state index in [-0.39, 0.29) is 24.2 Å². The van der Waals surface area contributed by atoms with Crippen LogP contribution in [0.5, 0.6) is 0 Å². The van der Waals surface area contributed by atoms with Crippen LogP contribution in [0.15, 0.2) is 6.20 Å². The Morgan fingerprint density at radius 2 is 2.26 bits per heavy atom. The third kappa shape index (κ3) is 5.07. The van der Waals surface area contributed by atoms with Gasteiger partial charge in [-0.15, -0.1) is 0 Å². The molecular weight excluding hydrogens is 249 g/mol. The largest absolute Gasteiger partial charge is 0.367 e. The summed E-state index contributed by atoms with van der Waals surface area (Å²) in [5.74, 6) is -0.185. The van der Waals surface area contributed by atoms with Crippen LogP contribution in [0.1, 0.15) is 26.7 Å². The molecular formula is C12H20FN5O. The molecule has 0 aliphatic carbocycles. The summed E-state index contributed by atoms with van der Waals surface area (Å²) in [6.07, 6.45) is 2.23. The molecule has 19 heavy (non-hydrogen) atoms. The first kappa shape index (κ1) is 15.1. The van der Waals surface area contributed by atoms with E-state index in [1.807, 2.05) is 13.8 Å². The molecule has 0 fully saturated rings. The first-order valence-electron chi connectivity index (χ1n) is 6.30. The maximum Gasteiger partial charge on any atom is 0.224 e. The topological polar surface area (TPSA) is 78.9 Å².